The van der Waals surface area contributed by atoms with Gasteiger partial charge in [0.25, 0.3) is 0 Å². The molecule has 1 aromatic carbocycles. The third-order valence-electron chi connectivity index (χ3n) is 2.79. The molecule has 5 heteroatoms. The van der Waals surface area contributed by atoms with E-state index < -0.39 is 11.6 Å². The Morgan fingerprint density at radius 2 is 2.17 bits per heavy atom. The molecule has 0 aliphatic heterocycles. The number of hydrogen-bond acceptors (Lipinski definition) is 3. The van der Waals surface area contributed by atoms with E-state index in [0.29, 0.717) is 12.1 Å². The van der Waals surface area contributed by atoms with E-state index in [-0.39, 0.29) is 6.04 Å². The molecule has 1 N–H and O–H groups in total. The predicted octanol–water partition coefficient (Wildman–Crippen LogP) is 3.58. The minimum absolute atomic E-state index is 0.0990. The molecular weight excluding hydrogens is 254 g/mol. The Bertz CT molecular complexity index is 540. The van der Waals surface area contributed by atoms with Crippen LogP contribution in [0.4, 0.5) is 8.78 Å². The van der Waals surface area contributed by atoms with Gasteiger partial charge in [0, 0.05) is 29.1 Å². The highest BCUT2D eigenvalue weighted by Crippen LogP contribution is 2.21. The van der Waals surface area contributed by atoms with Crippen LogP contribution in [0.25, 0.3) is 0 Å². The Labute approximate surface area is 109 Å². The smallest absolute Gasteiger partial charge is 0.130 e. The molecule has 0 amide bonds. The highest BCUT2D eigenvalue weighted by Gasteiger charge is 2.11. The van der Waals surface area contributed by atoms with Gasteiger partial charge in [0.05, 0.1) is 11.2 Å². The van der Waals surface area contributed by atoms with Crippen LogP contribution in [0.1, 0.15) is 29.1 Å². The summed E-state index contributed by atoms with van der Waals surface area (Å²) in [6.07, 6.45) is 0. The quantitative estimate of drug-likeness (QED) is 0.916. The number of nitrogens with one attached hydrogen (secondary N) is 1. The van der Waals surface area contributed by atoms with Gasteiger partial charge in [0.15, 0.2) is 0 Å². The van der Waals surface area contributed by atoms with E-state index in [1.807, 2.05) is 13.8 Å². The third-order valence-corrected chi connectivity index (χ3v) is 3.90. The zero-order chi connectivity index (χ0) is 13.1. The summed E-state index contributed by atoms with van der Waals surface area (Å²) in [4.78, 5) is 5.31. The molecule has 0 saturated carbocycles. The molecule has 1 unspecified atom stereocenters. The second-order valence-corrected chi connectivity index (χ2v) is 5.03. The summed E-state index contributed by atoms with van der Waals surface area (Å²) in [6.45, 7) is 4.31. The molecule has 1 heterocycles. The van der Waals surface area contributed by atoms with E-state index in [2.05, 4.69) is 10.3 Å². The summed E-state index contributed by atoms with van der Waals surface area (Å²) in [6, 6.07) is 3.73. The van der Waals surface area contributed by atoms with Crippen molar-refractivity contribution < 1.29 is 8.78 Å². The van der Waals surface area contributed by atoms with E-state index in [9.17, 15) is 8.78 Å². The minimum Gasteiger partial charge on any atom is -0.305 e. The summed E-state index contributed by atoms with van der Waals surface area (Å²) in [7, 11) is 0. The molecule has 0 saturated heterocycles. The number of hydrogen-bond donors (Lipinski definition) is 1. The molecule has 2 rings (SSSR count). The molecule has 0 bridgehead atoms. The van der Waals surface area contributed by atoms with Gasteiger partial charge in [-0.3, -0.25) is 0 Å². The highest BCUT2D eigenvalue weighted by atomic mass is 32.1. The first-order chi connectivity index (χ1) is 8.58. The summed E-state index contributed by atoms with van der Waals surface area (Å²) in [5, 5.41) is 3.21. The van der Waals surface area contributed by atoms with Crippen molar-refractivity contribution in [3.05, 3.63) is 51.5 Å². The van der Waals surface area contributed by atoms with Gasteiger partial charge in [0.2, 0.25) is 0 Å². The lowest BCUT2D eigenvalue weighted by Gasteiger charge is -2.13. The Morgan fingerprint density at radius 3 is 2.78 bits per heavy atom. The zero-order valence-corrected chi connectivity index (χ0v) is 11.0. The first-order valence-corrected chi connectivity index (χ1v) is 6.53. The standard InChI is InChI=1S/C13H14F2N2S/c1-8(13-9(2)17-7-18-13)16-6-10-3-4-11(14)5-12(10)15/h3-5,7-8,16H,6H2,1-2H3. The van der Waals surface area contributed by atoms with Crippen LogP contribution in [-0.2, 0) is 6.54 Å². The molecule has 2 aromatic rings. The second kappa shape index (κ2) is 5.54. The largest absolute Gasteiger partial charge is 0.305 e. The molecule has 18 heavy (non-hydrogen) atoms. The summed E-state index contributed by atoms with van der Waals surface area (Å²) < 4.78 is 26.2. The fourth-order valence-corrected chi connectivity index (χ4v) is 2.58. The number of benzene rings is 1. The Morgan fingerprint density at radius 1 is 1.39 bits per heavy atom. The SMILES string of the molecule is Cc1ncsc1C(C)NCc1ccc(F)cc1F. The van der Waals surface area contributed by atoms with Crippen LogP contribution >= 0.6 is 11.3 Å². The minimum atomic E-state index is -0.553. The molecule has 0 aliphatic carbocycles. The number of nitrogens with zero attached hydrogens (tertiary/aromatic N) is 1. The Balaban J connectivity index is 2.01. The van der Waals surface area contributed by atoms with Crippen LogP contribution in [0.3, 0.4) is 0 Å². The van der Waals surface area contributed by atoms with E-state index in [1.165, 1.54) is 12.1 Å². The van der Waals surface area contributed by atoms with Gasteiger partial charge < -0.3 is 5.32 Å². The Kier molecular flexibility index (Phi) is 4.04. The van der Waals surface area contributed by atoms with Crippen LogP contribution in [-0.4, -0.2) is 4.98 Å². The molecule has 1 atom stereocenters. The van der Waals surface area contributed by atoms with Crippen molar-refractivity contribution in [2.75, 3.05) is 0 Å². The van der Waals surface area contributed by atoms with Gasteiger partial charge in [-0.15, -0.1) is 11.3 Å². The van der Waals surface area contributed by atoms with Crippen molar-refractivity contribution >= 4 is 11.3 Å². The molecule has 1 aromatic heterocycles. The van der Waals surface area contributed by atoms with Crippen molar-refractivity contribution in [1.29, 1.82) is 0 Å². The first-order valence-electron chi connectivity index (χ1n) is 5.65. The van der Waals surface area contributed by atoms with Gasteiger partial charge in [-0.1, -0.05) is 6.07 Å². The van der Waals surface area contributed by atoms with Gasteiger partial charge in [-0.05, 0) is 19.9 Å². The lowest BCUT2D eigenvalue weighted by Crippen LogP contribution is -2.18. The van der Waals surface area contributed by atoms with Crippen molar-refractivity contribution in [3.63, 3.8) is 0 Å². The van der Waals surface area contributed by atoms with E-state index in [0.717, 1.165) is 16.6 Å². The number of aromatic nitrogens is 1. The van der Waals surface area contributed by atoms with Crippen LogP contribution < -0.4 is 5.32 Å². The molecule has 0 radical (unpaired) electrons. The maximum atomic E-state index is 13.4. The molecule has 0 spiro atoms. The normalized spacial score (nSPS) is 12.7. The van der Waals surface area contributed by atoms with Crippen LogP contribution in [0.5, 0.6) is 0 Å². The fourth-order valence-electron chi connectivity index (χ4n) is 1.75. The average Bonchev–Trinajstić information content (AvgIpc) is 2.74. The maximum Gasteiger partial charge on any atom is 0.130 e. The van der Waals surface area contributed by atoms with Gasteiger partial charge in [0.1, 0.15) is 11.6 Å². The molecular formula is C13H14F2N2S. The third kappa shape index (κ3) is 2.91. The maximum absolute atomic E-state index is 13.4. The molecule has 0 fully saturated rings. The zero-order valence-electron chi connectivity index (χ0n) is 10.2. The van der Waals surface area contributed by atoms with Gasteiger partial charge in [-0.25, -0.2) is 13.8 Å². The molecule has 96 valence electrons. The van der Waals surface area contributed by atoms with Crippen molar-refractivity contribution in [3.8, 4) is 0 Å². The van der Waals surface area contributed by atoms with Crippen LogP contribution in [0, 0.1) is 18.6 Å². The number of rotatable bonds is 4. The predicted molar refractivity (Wildman–Crippen MR) is 68.5 cm³/mol. The van der Waals surface area contributed by atoms with Crippen molar-refractivity contribution in [2.45, 2.75) is 26.4 Å². The number of halogens is 2. The Hall–Kier alpha value is -1.33. The number of aryl methyl sites for hydroxylation is 1. The fraction of sp³-hybridized carbons (Fsp3) is 0.308. The van der Waals surface area contributed by atoms with Crippen molar-refractivity contribution in [1.82, 2.24) is 10.3 Å². The van der Waals surface area contributed by atoms with E-state index >= 15 is 0 Å². The molecule has 0 aliphatic rings. The first kappa shape index (κ1) is 13.1. The lowest BCUT2D eigenvalue weighted by molar-refractivity contribution is 0.536. The van der Waals surface area contributed by atoms with Crippen LogP contribution in [0.2, 0.25) is 0 Å². The lowest BCUT2D eigenvalue weighted by atomic mass is 10.2. The topological polar surface area (TPSA) is 24.9 Å². The second-order valence-electron chi connectivity index (χ2n) is 4.14. The summed E-state index contributed by atoms with van der Waals surface area (Å²) in [5.41, 5.74) is 3.24. The summed E-state index contributed by atoms with van der Waals surface area (Å²) in [5.74, 6) is -1.07. The average molecular weight is 268 g/mol. The van der Waals surface area contributed by atoms with Gasteiger partial charge in [-0.2, -0.15) is 0 Å². The monoisotopic (exact) mass is 268 g/mol. The highest BCUT2D eigenvalue weighted by molar-refractivity contribution is 7.09. The van der Waals surface area contributed by atoms with Crippen LogP contribution in [0.15, 0.2) is 23.7 Å². The van der Waals surface area contributed by atoms with E-state index in [4.69, 9.17) is 0 Å². The number of thiazole rings is 1. The van der Waals surface area contributed by atoms with E-state index in [1.54, 1.807) is 16.8 Å². The van der Waals surface area contributed by atoms with Crippen molar-refractivity contribution in [2.24, 2.45) is 0 Å². The molecule has 2 nitrogen and oxygen atoms in total. The van der Waals surface area contributed by atoms with Gasteiger partial charge >= 0.3 is 0 Å². The summed E-state index contributed by atoms with van der Waals surface area (Å²) >= 11 is 1.57.